The van der Waals surface area contributed by atoms with Gasteiger partial charge in [0.25, 0.3) is 0 Å². The Morgan fingerprint density at radius 1 is 1.10 bits per heavy atom. The summed E-state index contributed by atoms with van der Waals surface area (Å²) in [5.74, 6) is -1.03. The van der Waals surface area contributed by atoms with Gasteiger partial charge in [0.15, 0.2) is 6.23 Å². The van der Waals surface area contributed by atoms with Crippen LogP contribution in [0.4, 0.5) is 5.69 Å². The van der Waals surface area contributed by atoms with Crippen LogP contribution in [0, 0.1) is 0 Å². The minimum atomic E-state index is -1.31. The number of anilines is 1. The lowest BCUT2D eigenvalue weighted by Crippen LogP contribution is -2.58. The van der Waals surface area contributed by atoms with Crippen LogP contribution in [-0.2, 0) is 4.74 Å². The number of nitrogens with one attached hydrogen (secondary N) is 1. The Morgan fingerprint density at radius 2 is 1.70 bits per heavy atom. The van der Waals surface area contributed by atoms with Gasteiger partial charge in [-0.25, -0.2) is 4.79 Å². The number of hydrogen-bond donors (Lipinski definition) is 5. The Hall–Kier alpha value is -1.67. The smallest absolute Gasteiger partial charge is 0.335 e. The van der Waals surface area contributed by atoms with Crippen molar-refractivity contribution in [3.8, 4) is 0 Å². The number of carbonyl (C=O) groups is 1. The number of carboxylic acids is 1. The van der Waals surface area contributed by atoms with E-state index in [9.17, 15) is 20.1 Å². The van der Waals surface area contributed by atoms with Gasteiger partial charge < -0.3 is 30.5 Å². The van der Waals surface area contributed by atoms with Crippen LogP contribution in [0.15, 0.2) is 24.3 Å². The molecule has 20 heavy (non-hydrogen) atoms. The van der Waals surface area contributed by atoms with E-state index >= 15 is 0 Å². The van der Waals surface area contributed by atoms with Crippen LogP contribution in [0.1, 0.15) is 17.3 Å². The lowest BCUT2D eigenvalue weighted by atomic mass is 9.99. The van der Waals surface area contributed by atoms with Crippen molar-refractivity contribution in [2.75, 3.05) is 5.32 Å². The maximum atomic E-state index is 10.7. The van der Waals surface area contributed by atoms with Gasteiger partial charge in [0.2, 0.25) is 0 Å². The fourth-order valence-electron chi connectivity index (χ4n) is 2.04. The van der Waals surface area contributed by atoms with Crippen molar-refractivity contribution in [1.29, 1.82) is 0 Å². The molecule has 0 bridgehead atoms. The first-order chi connectivity index (χ1) is 9.40. The second-order valence-electron chi connectivity index (χ2n) is 4.76. The van der Waals surface area contributed by atoms with Gasteiger partial charge in [-0.3, -0.25) is 0 Å². The third kappa shape index (κ3) is 2.91. The van der Waals surface area contributed by atoms with Gasteiger partial charge in [-0.15, -0.1) is 0 Å². The minimum absolute atomic E-state index is 0.143. The van der Waals surface area contributed by atoms with E-state index in [0.29, 0.717) is 5.69 Å². The monoisotopic (exact) mass is 283 g/mol. The summed E-state index contributed by atoms with van der Waals surface area (Å²) in [5, 5.41) is 40.7. The summed E-state index contributed by atoms with van der Waals surface area (Å²) in [6.45, 7) is 1.59. The quantitative estimate of drug-likeness (QED) is 0.513. The number of aromatic carboxylic acids is 1. The highest BCUT2D eigenvalue weighted by atomic mass is 16.5. The van der Waals surface area contributed by atoms with E-state index in [-0.39, 0.29) is 5.56 Å². The van der Waals surface area contributed by atoms with Crippen LogP contribution in [0.2, 0.25) is 0 Å². The second-order valence-corrected chi connectivity index (χ2v) is 4.76. The molecule has 5 N–H and O–H groups in total. The van der Waals surface area contributed by atoms with Crippen molar-refractivity contribution >= 4 is 11.7 Å². The van der Waals surface area contributed by atoms with Crippen LogP contribution in [0.25, 0.3) is 0 Å². The van der Waals surface area contributed by atoms with Crippen molar-refractivity contribution < 1.29 is 30.0 Å². The topological polar surface area (TPSA) is 119 Å². The lowest BCUT2D eigenvalue weighted by molar-refractivity contribution is -0.209. The predicted octanol–water partition coefficient (Wildman–Crippen LogP) is -0.376. The molecule has 2 rings (SSSR count). The zero-order chi connectivity index (χ0) is 14.9. The Labute approximate surface area is 115 Å². The maximum Gasteiger partial charge on any atom is 0.335 e. The van der Waals surface area contributed by atoms with Gasteiger partial charge in [-0.2, -0.15) is 0 Å². The molecule has 0 aliphatic carbocycles. The molecule has 0 radical (unpaired) electrons. The van der Waals surface area contributed by atoms with Crippen LogP contribution < -0.4 is 5.32 Å². The molecule has 0 spiro atoms. The molecule has 1 unspecified atom stereocenters. The van der Waals surface area contributed by atoms with Gasteiger partial charge in [-0.1, -0.05) is 0 Å². The highest BCUT2D eigenvalue weighted by molar-refractivity contribution is 5.87. The zero-order valence-electron chi connectivity index (χ0n) is 10.8. The molecule has 1 aliphatic rings. The summed E-state index contributed by atoms with van der Waals surface area (Å²) in [5.41, 5.74) is 0.680. The fourth-order valence-corrected chi connectivity index (χ4v) is 2.04. The van der Waals surface area contributed by atoms with Crippen molar-refractivity contribution in [3.05, 3.63) is 29.8 Å². The number of benzene rings is 1. The van der Waals surface area contributed by atoms with E-state index in [1.54, 1.807) is 6.92 Å². The Morgan fingerprint density at radius 3 is 2.25 bits per heavy atom. The molecule has 110 valence electrons. The van der Waals surface area contributed by atoms with Crippen LogP contribution in [0.5, 0.6) is 0 Å². The zero-order valence-corrected chi connectivity index (χ0v) is 10.8. The second kappa shape index (κ2) is 5.76. The summed E-state index contributed by atoms with van der Waals surface area (Å²) in [6.07, 6.45) is -5.28. The number of ether oxygens (including phenoxy) is 1. The summed E-state index contributed by atoms with van der Waals surface area (Å²) in [6, 6.07) is 5.88. The number of aliphatic hydroxyl groups excluding tert-OH is 3. The van der Waals surface area contributed by atoms with Crippen molar-refractivity contribution in [3.63, 3.8) is 0 Å². The van der Waals surface area contributed by atoms with E-state index in [1.807, 2.05) is 0 Å². The van der Waals surface area contributed by atoms with Gasteiger partial charge in [0.1, 0.15) is 18.3 Å². The standard InChI is InChI=1S/C13H17NO6/c1-6-9(15)10(16)11(17)12(20-6)14-8-4-2-7(3-5-8)13(18)19/h2-6,9-12,14-17H,1H3,(H,18,19)/t6-,9-,10+,11+,12?/m0/s1. The van der Waals surface area contributed by atoms with Gasteiger partial charge in [0.05, 0.1) is 11.7 Å². The summed E-state index contributed by atoms with van der Waals surface area (Å²) in [7, 11) is 0. The molecule has 1 aliphatic heterocycles. The van der Waals surface area contributed by atoms with Crippen molar-refractivity contribution in [1.82, 2.24) is 0 Å². The Balaban J connectivity index is 2.07. The first kappa shape index (κ1) is 14.7. The van der Waals surface area contributed by atoms with Gasteiger partial charge in [0, 0.05) is 5.69 Å². The number of aliphatic hydroxyl groups is 3. The third-order valence-corrected chi connectivity index (χ3v) is 3.29. The highest BCUT2D eigenvalue weighted by Crippen LogP contribution is 2.22. The molecule has 5 atom stereocenters. The molecule has 1 fully saturated rings. The number of rotatable bonds is 3. The molecule has 1 heterocycles. The SMILES string of the molecule is C[C@@H]1OC(Nc2ccc(C(=O)O)cc2)[C@H](O)[C@H](O)[C@H]1O. The molecular weight excluding hydrogens is 266 g/mol. The molecule has 7 heteroatoms. The average molecular weight is 283 g/mol. The average Bonchev–Trinajstić information content (AvgIpc) is 2.43. The lowest BCUT2D eigenvalue weighted by Gasteiger charge is -2.39. The van der Waals surface area contributed by atoms with E-state index in [0.717, 1.165) is 0 Å². The fraction of sp³-hybridized carbons (Fsp3) is 0.462. The Bertz CT molecular complexity index is 476. The van der Waals surface area contributed by atoms with Crippen molar-refractivity contribution in [2.45, 2.75) is 37.6 Å². The van der Waals surface area contributed by atoms with E-state index < -0.39 is 36.6 Å². The molecule has 7 nitrogen and oxygen atoms in total. The molecule has 0 amide bonds. The normalized spacial score (nSPS) is 33.7. The first-order valence-electron chi connectivity index (χ1n) is 6.19. The van der Waals surface area contributed by atoms with E-state index in [2.05, 4.69) is 5.32 Å². The van der Waals surface area contributed by atoms with Crippen LogP contribution in [-0.4, -0.2) is 57.0 Å². The molecule has 1 saturated heterocycles. The molecule has 0 saturated carbocycles. The number of carboxylic acid groups (broad SMARTS) is 1. The molecule has 0 aromatic heterocycles. The highest BCUT2D eigenvalue weighted by Gasteiger charge is 2.41. The summed E-state index contributed by atoms with van der Waals surface area (Å²) >= 11 is 0. The van der Waals surface area contributed by atoms with Gasteiger partial charge >= 0.3 is 5.97 Å². The minimum Gasteiger partial charge on any atom is -0.478 e. The molecule has 1 aromatic rings. The van der Waals surface area contributed by atoms with Crippen LogP contribution in [0.3, 0.4) is 0 Å². The Kier molecular flexibility index (Phi) is 4.24. The molecule has 1 aromatic carbocycles. The molecular formula is C13H17NO6. The number of hydrogen-bond acceptors (Lipinski definition) is 6. The third-order valence-electron chi connectivity index (χ3n) is 3.29. The van der Waals surface area contributed by atoms with Crippen LogP contribution >= 0.6 is 0 Å². The van der Waals surface area contributed by atoms with Gasteiger partial charge in [-0.05, 0) is 31.2 Å². The van der Waals surface area contributed by atoms with E-state index in [4.69, 9.17) is 9.84 Å². The maximum absolute atomic E-state index is 10.7. The summed E-state index contributed by atoms with van der Waals surface area (Å²) < 4.78 is 5.38. The first-order valence-corrected chi connectivity index (χ1v) is 6.19. The largest absolute Gasteiger partial charge is 0.478 e. The summed E-state index contributed by atoms with van der Waals surface area (Å²) in [4.78, 5) is 10.7. The van der Waals surface area contributed by atoms with E-state index in [1.165, 1.54) is 24.3 Å². The predicted molar refractivity (Wildman–Crippen MR) is 69.4 cm³/mol. The van der Waals surface area contributed by atoms with Crippen molar-refractivity contribution in [2.24, 2.45) is 0 Å².